The number of carbonyl (C=O) groups is 1. The fourth-order valence-electron chi connectivity index (χ4n) is 4.02. The smallest absolute Gasteiger partial charge is 0.225 e. The fraction of sp³-hybridized carbons (Fsp3) is 0.650. The van der Waals surface area contributed by atoms with Crippen molar-refractivity contribution >= 4 is 5.91 Å². The Morgan fingerprint density at radius 3 is 2.39 bits per heavy atom. The lowest BCUT2D eigenvalue weighted by atomic mass is 9.74. The molecular weight excluding hydrogens is 284 g/mol. The van der Waals surface area contributed by atoms with Crippen molar-refractivity contribution < 1.29 is 4.79 Å². The summed E-state index contributed by atoms with van der Waals surface area (Å²) in [4.78, 5) is 14.1. The molecule has 3 heteroatoms. The molecule has 0 unspecified atom stereocenters. The molecular formula is C20H30N2O. The molecule has 1 aromatic rings. The maximum absolute atomic E-state index is 12.0. The summed E-state index contributed by atoms with van der Waals surface area (Å²) in [6.45, 7) is 8.04. The number of hydrogen-bond donors (Lipinski definition) is 1. The lowest BCUT2D eigenvalue weighted by Crippen LogP contribution is -2.51. The molecule has 1 aliphatic carbocycles. The maximum atomic E-state index is 12.0. The highest BCUT2D eigenvalue weighted by molar-refractivity contribution is 5.78. The first-order valence-electron chi connectivity index (χ1n) is 9.15. The zero-order valence-electron chi connectivity index (χ0n) is 14.7. The molecule has 1 aliphatic heterocycles. The topological polar surface area (TPSA) is 32.3 Å². The Morgan fingerprint density at radius 1 is 1.13 bits per heavy atom. The van der Waals surface area contributed by atoms with E-state index in [0.717, 1.165) is 31.8 Å². The monoisotopic (exact) mass is 314 g/mol. The van der Waals surface area contributed by atoms with Crippen molar-refractivity contribution in [1.29, 1.82) is 0 Å². The van der Waals surface area contributed by atoms with Crippen molar-refractivity contribution in [3.05, 3.63) is 35.4 Å². The summed E-state index contributed by atoms with van der Waals surface area (Å²) in [6, 6.07) is 10.0. The number of aryl methyl sites for hydroxylation is 1. The number of nitrogens with one attached hydrogen (secondary N) is 1. The molecule has 1 saturated carbocycles. The first-order chi connectivity index (χ1) is 11.0. The Labute approximate surface area is 140 Å². The lowest BCUT2D eigenvalue weighted by molar-refractivity contribution is -0.135. The Balaban J connectivity index is 1.42. The summed E-state index contributed by atoms with van der Waals surface area (Å²) >= 11 is 0. The van der Waals surface area contributed by atoms with E-state index in [1.165, 1.54) is 24.0 Å². The van der Waals surface area contributed by atoms with Gasteiger partial charge in [-0.25, -0.2) is 0 Å². The molecule has 2 aliphatic rings. The van der Waals surface area contributed by atoms with Gasteiger partial charge in [0.1, 0.15) is 0 Å². The number of benzene rings is 1. The molecule has 1 amide bonds. The number of rotatable bonds is 4. The van der Waals surface area contributed by atoms with Gasteiger partial charge in [-0.1, -0.05) is 38.1 Å². The van der Waals surface area contributed by atoms with Crippen molar-refractivity contribution in [3.8, 4) is 0 Å². The highest BCUT2D eigenvalue weighted by atomic mass is 16.2. The maximum Gasteiger partial charge on any atom is 0.225 e. The van der Waals surface area contributed by atoms with E-state index >= 15 is 0 Å². The highest BCUT2D eigenvalue weighted by Gasteiger charge is 2.33. The summed E-state index contributed by atoms with van der Waals surface area (Å²) in [7, 11) is 0. The van der Waals surface area contributed by atoms with Gasteiger partial charge in [0.25, 0.3) is 0 Å². The second kappa shape index (κ2) is 7.04. The van der Waals surface area contributed by atoms with Crippen LogP contribution in [0.1, 0.15) is 56.6 Å². The summed E-state index contributed by atoms with van der Waals surface area (Å²) < 4.78 is 0. The Morgan fingerprint density at radius 2 is 1.78 bits per heavy atom. The van der Waals surface area contributed by atoms with Gasteiger partial charge < -0.3 is 10.2 Å². The van der Waals surface area contributed by atoms with Gasteiger partial charge in [-0.15, -0.1) is 0 Å². The molecule has 1 saturated heterocycles. The standard InChI is InChI=1S/C20H30N2O/c1-14(2)20(23)22-10-8-17(9-11-22)21-18-12-16(13-18)19-7-5-4-6-15(19)3/h4-7,14,16-18,21H,8-13H2,1-3H3. The minimum atomic E-state index is 0.126. The van der Waals surface area contributed by atoms with Crippen LogP contribution in [0.15, 0.2) is 24.3 Å². The number of piperidine rings is 1. The Hall–Kier alpha value is -1.35. The third kappa shape index (κ3) is 3.77. The average molecular weight is 314 g/mol. The van der Waals surface area contributed by atoms with Crippen molar-refractivity contribution in [1.82, 2.24) is 10.2 Å². The number of carbonyl (C=O) groups excluding carboxylic acids is 1. The number of nitrogens with zero attached hydrogens (tertiary/aromatic N) is 1. The van der Waals surface area contributed by atoms with Crippen LogP contribution in [0.25, 0.3) is 0 Å². The van der Waals surface area contributed by atoms with Crippen LogP contribution in [-0.2, 0) is 4.79 Å². The molecule has 0 radical (unpaired) electrons. The molecule has 0 bridgehead atoms. The van der Waals surface area contributed by atoms with Crippen molar-refractivity contribution in [2.45, 2.75) is 64.5 Å². The van der Waals surface area contributed by atoms with E-state index in [2.05, 4.69) is 36.5 Å². The number of amides is 1. The van der Waals surface area contributed by atoms with E-state index in [-0.39, 0.29) is 5.92 Å². The van der Waals surface area contributed by atoms with Crippen LogP contribution in [-0.4, -0.2) is 36.0 Å². The van der Waals surface area contributed by atoms with Crippen LogP contribution in [0.3, 0.4) is 0 Å². The predicted octanol–water partition coefficient (Wildman–Crippen LogP) is 3.48. The lowest BCUT2D eigenvalue weighted by Gasteiger charge is -2.41. The molecule has 0 spiro atoms. The number of likely N-dealkylation sites (tertiary alicyclic amines) is 1. The molecule has 23 heavy (non-hydrogen) atoms. The van der Waals surface area contributed by atoms with E-state index in [0.29, 0.717) is 18.0 Å². The van der Waals surface area contributed by atoms with Gasteiger partial charge in [0.15, 0.2) is 0 Å². The predicted molar refractivity (Wildman–Crippen MR) is 94.5 cm³/mol. The molecule has 3 rings (SSSR count). The summed E-state index contributed by atoms with van der Waals surface area (Å²) in [5.74, 6) is 1.17. The Bertz CT molecular complexity index is 540. The highest BCUT2D eigenvalue weighted by Crippen LogP contribution is 2.38. The van der Waals surface area contributed by atoms with Gasteiger partial charge in [0.2, 0.25) is 5.91 Å². The average Bonchev–Trinajstić information content (AvgIpc) is 2.51. The van der Waals surface area contributed by atoms with Crippen molar-refractivity contribution in [2.75, 3.05) is 13.1 Å². The third-order valence-electron chi connectivity index (χ3n) is 5.54. The van der Waals surface area contributed by atoms with Gasteiger partial charge >= 0.3 is 0 Å². The van der Waals surface area contributed by atoms with Crippen LogP contribution in [0.2, 0.25) is 0 Å². The zero-order valence-corrected chi connectivity index (χ0v) is 14.7. The van der Waals surface area contributed by atoms with E-state index < -0.39 is 0 Å². The third-order valence-corrected chi connectivity index (χ3v) is 5.54. The molecule has 126 valence electrons. The second-order valence-corrected chi connectivity index (χ2v) is 7.64. The summed E-state index contributed by atoms with van der Waals surface area (Å²) in [6.07, 6.45) is 4.72. The van der Waals surface area contributed by atoms with E-state index in [9.17, 15) is 4.79 Å². The minimum absolute atomic E-state index is 0.126. The SMILES string of the molecule is Cc1ccccc1C1CC(NC2CCN(C(=O)C(C)C)CC2)C1. The molecule has 0 atom stereocenters. The van der Waals surface area contributed by atoms with Crippen LogP contribution in [0.5, 0.6) is 0 Å². The number of hydrogen-bond acceptors (Lipinski definition) is 2. The first kappa shape index (κ1) is 16.5. The van der Waals surface area contributed by atoms with Gasteiger partial charge in [-0.2, -0.15) is 0 Å². The minimum Gasteiger partial charge on any atom is -0.342 e. The molecule has 1 aromatic carbocycles. The van der Waals surface area contributed by atoms with Gasteiger partial charge in [0.05, 0.1) is 0 Å². The van der Waals surface area contributed by atoms with Crippen molar-refractivity contribution in [2.24, 2.45) is 5.92 Å². The zero-order chi connectivity index (χ0) is 16.4. The molecule has 1 N–H and O–H groups in total. The van der Waals surface area contributed by atoms with E-state index in [4.69, 9.17) is 0 Å². The Kier molecular flexibility index (Phi) is 5.05. The second-order valence-electron chi connectivity index (χ2n) is 7.64. The summed E-state index contributed by atoms with van der Waals surface area (Å²) in [5, 5.41) is 3.83. The first-order valence-corrected chi connectivity index (χ1v) is 9.15. The summed E-state index contributed by atoms with van der Waals surface area (Å²) in [5.41, 5.74) is 2.96. The van der Waals surface area contributed by atoms with E-state index in [1.807, 2.05) is 18.7 Å². The van der Waals surface area contributed by atoms with Gasteiger partial charge in [-0.3, -0.25) is 4.79 Å². The quantitative estimate of drug-likeness (QED) is 0.923. The normalized spacial score (nSPS) is 25.5. The van der Waals surface area contributed by atoms with Crippen LogP contribution >= 0.6 is 0 Å². The van der Waals surface area contributed by atoms with Crippen LogP contribution in [0.4, 0.5) is 0 Å². The molecule has 3 nitrogen and oxygen atoms in total. The fourth-order valence-corrected chi connectivity index (χ4v) is 4.02. The molecule has 2 fully saturated rings. The van der Waals surface area contributed by atoms with Crippen LogP contribution in [0, 0.1) is 12.8 Å². The van der Waals surface area contributed by atoms with E-state index in [1.54, 1.807) is 0 Å². The molecule has 0 aromatic heterocycles. The molecule has 1 heterocycles. The largest absolute Gasteiger partial charge is 0.342 e. The van der Waals surface area contributed by atoms with Crippen molar-refractivity contribution in [3.63, 3.8) is 0 Å². The van der Waals surface area contributed by atoms with Gasteiger partial charge in [0, 0.05) is 31.1 Å². The van der Waals surface area contributed by atoms with Gasteiger partial charge in [-0.05, 0) is 49.7 Å². The van der Waals surface area contributed by atoms with Crippen LogP contribution < -0.4 is 5.32 Å².